The molecule has 5 nitrogen and oxygen atoms in total. The van der Waals surface area contributed by atoms with Crippen LogP contribution in [0.2, 0.25) is 0 Å². The van der Waals surface area contributed by atoms with Crippen molar-refractivity contribution in [3.05, 3.63) is 52.5 Å². The molecule has 1 aromatic carbocycles. The van der Waals surface area contributed by atoms with Crippen molar-refractivity contribution in [2.24, 2.45) is 4.99 Å². The summed E-state index contributed by atoms with van der Waals surface area (Å²) < 4.78 is 7.64. The number of nitrogens with zero attached hydrogens (tertiary/aromatic N) is 4. The van der Waals surface area contributed by atoms with Crippen LogP contribution in [0.1, 0.15) is 37.4 Å². The molecule has 3 heterocycles. The largest absolute Gasteiger partial charge is 0.469 e. The molecule has 1 fully saturated rings. The fraction of sp³-hybridized carbons (Fsp3) is 0.333. The molecular formula is C15H15N5-2. The Hall–Kier alpha value is -2.14. The normalized spacial score (nSPS) is 24.6. The second kappa shape index (κ2) is 4.45. The lowest BCUT2D eigenvalue weighted by atomic mass is 9.91. The van der Waals surface area contributed by atoms with Gasteiger partial charge in [-0.25, -0.2) is 0 Å². The van der Waals surface area contributed by atoms with Crippen LogP contribution in [0.5, 0.6) is 0 Å². The average Bonchev–Trinajstić information content (AvgIpc) is 3.11. The van der Waals surface area contributed by atoms with Crippen LogP contribution in [0.25, 0.3) is 5.32 Å². The standard InChI is InChI=1S/C15H15N5/c1-16-14-6-7-17-15(20-14)18-9-2-3-10-11(8-9)13-5-4-12(10)19-13/h2-3,6-8,12-13,19H,4-5H2,1H3/q-2/i6D. The third-order valence-electron chi connectivity index (χ3n) is 3.99. The van der Waals surface area contributed by atoms with E-state index in [4.69, 9.17) is 1.37 Å². The quantitative estimate of drug-likeness (QED) is 0.907. The van der Waals surface area contributed by atoms with Gasteiger partial charge in [0.2, 0.25) is 0 Å². The van der Waals surface area contributed by atoms with Gasteiger partial charge in [0.15, 0.2) is 0 Å². The highest BCUT2D eigenvalue weighted by atomic mass is 15.0. The Labute approximate surface area is 118 Å². The average molecular weight is 266 g/mol. The first-order chi connectivity index (χ1) is 10.2. The first-order valence-electron chi connectivity index (χ1n) is 7.29. The van der Waals surface area contributed by atoms with Crippen molar-refractivity contribution in [3.8, 4) is 0 Å². The minimum absolute atomic E-state index is 0.215. The lowest BCUT2D eigenvalue weighted by molar-refractivity contribution is 0.639. The van der Waals surface area contributed by atoms with Gasteiger partial charge in [-0.2, -0.15) is 0 Å². The highest BCUT2D eigenvalue weighted by Gasteiger charge is 2.35. The van der Waals surface area contributed by atoms with Crippen LogP contribution in [0, 0.1) is 0 Å². The summed E-state index contributed by atoms with van der Waals surface area (Å²) in [5.41, 5.74) is 3.95. The highest BCUT2D eigenvalue weighted by Crippen LogP contribution is 2.45. The zero-order chi connectivity index (χ0) is 14.4. The lowest BCUT2D eigenvalue weighted by Gasteiger charge is -2.16. The van der Waals surface area contributed by atoms with Crippen LogP contribution in [-0.2, 0) is 0 Å². The van der Waals surface area contributed by atoms with Crippen LogP contribution in [0.3, 0.4) is 0 Å². The molecule has 102 valence electrons. The van der Waals surface area contributed by atoms with E-state index < -0.39 is 0 Å². The van der Waals surface area contributed by atoms with Crippen molar-refractivity contribution in [1.29, 1.82) is 0 Å². The molecule has 1 aromatic heterocycles. The molecule has 2 atom stereocenters. The summed E-state index contributed by atoms with van der Waals surface area (Å²) in [7, 11) is 1.61. The van der Waals surface area contributed by atoms with Crippen molar-refractivity contribution >= 4 is 11.5 Å². The number of hydrogen-bond donors (Lipinski definition) is 1. The summed E-state index contributed by atoms with van der Waals surface area (Å²) in [5, 5.41) is 7.55. The Balaban J connectivity index is 1.75. The summed E-state index contributed by atoms with van der Waals surface area (Å²) in [5.74, 6) is 0.366. The van der Waals surface area contributed by atoms with Gasteiger partial charge >= 0.3 is 0 Å². The number of nitrogens with one attached hydrogen (secondary N) is 1. The Morgan fingerprint density at radius 3 is 3.10 bits per heavy atom. The van der Waals surface area contributed by atoms with E-state index in [1.54, 1.807) is 7.05 Å². The second-order valence-electron chi connectivity index (χ2n) is 5.14. The van der Waals surface area contributed by atoms with Crippen molar-refractivity contribution < 1.29 is 1.37 Å². The zero-order valence-electron chi connectivity index (χ0n) is 12.2. The topological polar surface area (TPSA) is 65.5 Å². The first kappa shape index (κ1) is 10.6. The number of benzene rings is 1. The second-order valence-corrected chi connectivity index (χ2v) is 5.14. The molecule has 20 heavy (non-hydrogen) atoms. The van der Waals surface area contributed by atoms with Crippen molar-refractivity contribution in [1.82, 2.24) is 15.3 Å². The van der Waals surface area contributed by atoms with Gasteiger partial charge in [-0.15, -0.1) is 0 Å². The maximum atomic E-state index is 7.64. The molecule has 4 rings (SSSR count). The highest BCUT2D eigenvalue weighted by molar-refractivity contribution is 5.50. The molecule has 2 aromatic rings. The molecule has 2 bridgehead atoms. The Morgan fingerprint density at radius 1 is 1.40 bits per heavy atom. The predicted octanol–water partition coefficient (Wildman–Crippen LogP) is 2.39. The molecule has 1 saturated heterocycles. The van der Waals surface area contributed by atoms with Crippen molar-refractivity contribution in [3.63, 3.8) is 0 Å². The van der Waals surface area contributed by atoms with E-state index in [2.05, 4.69) is 37.7 Å². The molecule has 2 unspecified atom stereocenters. The van der Waals surface area contributed by atoms with E-state index in [0.717, 1.165) is 5.69 Å². The molecule has 1 N–H and O–H groups in total. The van der Waals surface area contributed by atoms with Gasteiger partial charge in [-0.05, 0) is 29.7 Å². The number of aromatic nitrogens is 2. The van der Waals surface area contributed by atoms with Crippen LogP contribution in [-0.4, -0.2) is 12.0 Å². The van der Waals surface area contributed by atoms with E-state index in [9.17, 15) is 0 Å². The molecule has 0 spiro atoms. The molecule has 2 aliphatic heterocycles. The summed E-state index contributed by atoms with van der Waals surface area (Å²) in [6.45, 7) is 0. The Kier molecular flexibility index (Phi) is 2.37. The van der Waals surface area contributed by atoms with E-state index >= 15 is 0 Å². The summed E-state index contributed by atoms with van der Waals surface area (Å²) in [6.07, 6.45) is 3.86. The Morgan fingerprint density at radius 2 is 2.25 bits per heavy atom. The van der Waals surface area contributed by atoms with Crippen molar-refractivity contribution in [2.45, 2.75) is 24.9 Å². The molecule has 0 amide bonds. The zero-order valence-corrected chi connectivity index (χ0v) is 11.2. The minimum atomic E-state index is 0.215. The van der Waals surface area contributed by atoms with Gasteiger partial charge in [-0.3, -0.25) is 0 Å². The SMILES string of the molecule is [2H]c1cnc(=Nc2ccc3c(c2)C2CCC3N2)[n-]c1[N-]C. The molecular weight excluding hydrogens is 250 g/mol. The maximum absolute atomic E-state index is 7.64. The van der Waals surface area contributed by atoms with E-state index in [1.807, 2.05) is 6.07 Å². The van der Waals surface area contributed by atoms with Crippen LogP contribution in [0.15, 0.2) is 35.4 Å². The van der Waals surface area contributed by atoms with Crippen LogP contribution in [0.4, 0.5) is 11.5 Å². The maximum Gasteiger partial charge on any atom is 0.0617 e. The number of hydrogen-bond acceptors (Lipinski definition) is 3. The van der Waals surface area contributed by atoms with Gasteiger partial charge in [0.25, 0.3) is 0 Å². The fourth-order valence-corrected chi connectivity index (χ4v) is 3.07. The van der Waals surface area contributed by atoms with E-state index in [-0.39, 0.29) is 6.04 Å². The van der Waals surface area contributed by atoms with Gasteiger partial charge in [0, 0.05) is 12.1 Å². The smallest absolute Gasteiger partial charge is 0.0617 e. The van der Waals surface area contributed by atoms with Crippen LogP contribution >= 0.6 is 0 Å². The minimum Gasteiger partial charge on any atom is -0.469 e. The van der Waals surface area contributed by atoms with Gasteiger partial charge in [0.05, 0.1) is 1.37 Å². The third kappa shape index (κ3) is 1.82. The third-order valence-corrected chi connectivity index (χ3v) is 3.99. The molecule has 5 heteroatoms. The number of fused-ring (bicyclic) bond motifs is 5. The number of rotatable bonds is 2. The Bertz CT molecular complexity index is 767. The molecule has 0 aliphatic carbocycles. The van der Waals surface area contributed by atoms with E-state index in [0.29, 0.717) is 23.5 Å². The fourth-order valence-electron chi connectivity index (χ4n) is 3.07. The molecule has 0 saturated carbocycles. The van der Waals surface area contributed by atoms with Gasteiger partial charge in [0.1, 0.15) is 0 Å². The van der Waals surface area contributed by atoms with Gasteiger partial charge < -0.3 is 25.6 Å². The van der Waals surface area contributed by atoms with E-state index in [1.165, 1.54) is 30.2 Å². The van der Waals surface area contributed by atoms with Crippen molar-refractivity contribution in [2.75, 3.05) is 7.05 Å². The summed E-state index contributed by atoms with van der Waals surface area (Å²) in [6, 6.07) is 7.47. The molecule has 0 radical (unpaired) electrons. The monoisotopic (exact) mass is 266 g/mol. The first-order valence-corrected chi connectivity index (χ1v) is 6.79. The lowest BCUT2D eigenvalue weighted by Crippen LogP contribution is -2.13. The predicted molar refractivity (Wildman–Crippen MR) is 76.0 cm³/mol. The van der Waals surface area contributed by atoms with Gasteiger partial charge in [-0.1, -0.05) is 48.9 Å². The summed E-state index contributed by atoms with van der Waals surface area (Å²) in [4.78, 5) is 12.7. The van der Waals surface area contributed by atoms with Crippen LogP contribution < -0.4 is 15.9 Å². The molecule has 2 aliphatic rings. The summed E-state index contributed by atoms with van der Waals surface area (Å²) >= 11 is 0.